The van der Waals surface area contributed by atoms with Crippen LogP contribution < -0.4 is 0 Å². The van der Waals surface area contributed by atoms with E-state index < -0.39 is 11.5 Å². The monoisotopic (exact) mass is 562 g/mol. The average molecular weight is 563 g/mol. The van der Waals surface area contributed by atoms with E-state index in [1.165, 1.54) is 11.6 Å². The lowest BCUT2D eigenvalue weighted by molar-refractivity contribution is -0.164. The highest BCUT2D eigenvalue weighted by atomic mass is 16.5. The molecule has 0 amide bonds. The summed E-state index contributed by atoms with van der Waals surface area (Å²) < 4.78 is 5.15. The van der Waals surface area contributed by atoms with Gasteiger partial charge in [-0.25, -0.2) is 4.79 Å². The number of esters is 1. The SMILES string of the molecule is C.C.C=CCOC(=O)C1(C)C(=O)CCCN1Cc1ccccc1.C=CC[C@@]1(C)C(=O)CCCN1Cc1ccccc1. The number of piperidine rings is 2. The molecule has 2 atom stereocenters. The Morgan fingerprint density at radius 3 is 1.80 bits per heavy atom. The molecule has 2 aromatic carbocycles. The van der Waals surface area contributed by atoms with E-state index >= 15 is 0 Å². The van der Waals surface area contributed by atoms with Crippen molar-refractivity contribution in [1.29, 1.82) is 0 Å². The Balaban J connectivity index is 0.000000395. The van der Waals surface area contributed by atoms with Crippen molar-refractivity contribution in [3.05, 3.63) is 97.1 Å². The third kappa shape index (κ3) is 8.82. The summed E-state index contributed by atoms with van der Waals surface area (Å²) in [5.74, 6) is -0.202. The first-order chi connectivity index (χ1) is 18.8. The van der Waals surface area contributed by atoms with Crippen molar-refractivity contribution in [2.75, 3.05) is 19.7 Å². The van der Waals surface area contributed by atoms with Gasteiger partial charge in [0.25, 0.3) is 0 Å². The molecule has 4 rings (SSSR count). The zero-order chi connectivity index (χ0) is 28.3. The lowest BCUT2D eigenvalue weighted by Gasteiger charge is -2.43. The molecule has 6 nitrogen and oxygen atoms in total. The summed E-state index contributed by atoms with van der Waals surface area (Å²) in [6.45, 7) is 14.3. The van der Waals surface area contributed by atoms with Gasteiger partial charge in [-0.2, -0.15) is 0 Å². The molecular weight excluding hydrogens is 512 g/mol. The van der Waals surface area contributed by atoms with Gasteiger partial charge in [-0.3, -0.25) is 19.4 Å². The van der Waals surface area contributed by atoms with Crippen molar-refractivity contribution in [3.63, 3.8) is 0 Å². The van der Waals surface area contributed by atoms with Crippen LogP contribution in [0.2, 0.25) is 0 Å². The highest BCUT2D eigenvalue weighted by Crippen LogP contribution is 2.30. The second-order valence-corrected chi connectivity index (χ2v) is 10.6. The van der Waals surface area contributed by atoms with Gasteiger partial charge in [-0.1, -0.05) is 94.2 Å². The summed E-state index contributed by atoms with van der Waals surface area (Å²) in [5, 5.41) is 0. The minimum absolute atomic E-state index is 0. The fourth-order valence-electron chi connectivity index (χ4n) is 5.34. The van der Waals surface area contributed by atoms with Crippen LogP contribution in [0.4, 0.5) is 0 Å². The van der Waals surface area contributed by atoms with Crippen LogP contribution in [0, 0.1) is 0 Å². The fraction of sp³-hybridized carbons (Fsp3) is 0.457. The van der Waals surface area contributed by atoms with Crippen LogP contribution in [0.3, 0.4) is 0 Å². The van der Waals surface area contributed by atoms with Crippen LogP contribution in [0.5, 0.6) is 0 Å². The average Bonchev–Trinajstić information content (AvgIpc) is 2.94. The second kappa shape index (κ2) is 16.8. The molecule has 2 fully saturated rings. The van der Waals surface area contributed by atoms with E-state index in [9.17, 15) is 14.4 Å². The quantitative estimate of drug-likeness (QED) is 0.190. The molecule has 224 valence electrons. The van der Waals surface area contributed by atoms with E-state index in [1.54, 1.807) is 6.92 Å². The van der Waals surface area contributed by atoms with Crippen molar-refractivity contribution in [3.8, 4) is 0 Å². The van der Waals surface area contributed by atoms with Gasteiger partial charge in [0.15, 0.2) is 17.1 Å². The molecule has 2 aromatic rings. The second-order valence-electron chi connectivity index (χ2n) is 10.6. The number of likely N-dealkylation sites (tertiary alicyclic amines) is 2. The van der Waals surface area contributed by atoms with E-state index in [2.05, 4.69) is 37.1 Å². The van der Waals surface area contributed by atoms with Crippen LogP contribution in [0.1, 0.15) is 71.9 Å². The molecule has 0 N–H and O–H groups in total. The maximum absolute atomic E-state index is 12.4. The topological polar surface area (TPSA) is 66.9 Å². The molecule has 0 aromatic heterocycles. The van der Waals surface area contributed by atoms with Crippen molar-refractivity contribution in [2.24, 2.45) is 0 Å². The van der Waals surface area contributed by atoms with Gasteiger partial charge >= 0.3 is 5.97 Å². The van der Waals surface area contributed by atoms with Crippen molar-refractivity contribution < 1.29 is 19.1 Å². The first-order valence-corrected chi connectivity index (χ1v) is 13.8. The number of carbonyl (C=O) groups excluding carboxylic acids is 3. The minimum Gasteiger partial charge on any atom is -0.460 e. The fourth-order valence-corrected chi connectivity index (χ4v) is 5.34. The highest BCUT2D eigenvalue weighted by molar-refractivity contribution is 6.08. The number of Topliss-reactive ketones (excluding diaryl/α,β-unsaturated/α-hetero) is 2. The number of ketones is 2. The van der Waals surface area contributed by atoms with Gasteiger partial charge in [0.05, 0.1) is 5.54 Å². The maximum Gasteiger partial charge on any atom is 0.334 e. The Morgan fingerprint density at radius 1 is 0.805 bits per heavy atom. The predicted molar refractivity (Wildman–Crippen MR) is 168 cm³/mol. The van der Waals surface area contributed by atoms with Gasteiger partial charge in [0.1, 0.15) is 6.61 Å². The number of rotatable bonds is 9. The Morgan fingerprint density at radius 2 is 1.29 bits per heavy atom. The standard InChI is InChI=1S/C17H21NO3.C16H21NO.2CH4/c1-3-12-21-16(20)17(2)15(19)10-7-11-18(17)13-14-8-5-4-6-9-14;1-3-11-16(2)15(18)10-7-12-17(16)13-14-8-5-4-6-9-14;;/h3-6,8-9H,1,7,10-13H2,2H3;3-6,8-9H,1,7,10-13H2,2H3;2*1H4/t;16-;;/m.0../s1. The summed E-state index contributed by atoms with van der Waals surface area (Å²) in [6, 6.07) is 20.2. The number of benzene rings is 2. The summed E-state index contributed by atoms with van der Waals surface area (Å²) in [4.78, 5) is 41.1. The predicted octanol–water partition coefficient (Wildman–Crippen LogP) is 6.80. The Labute approximate surface area is 248 Å². The van der Waals surface area contributed by atoms with Gasteiger partial charge in [-0.05, 0) is 50.8 Å². The minimum atomic E-state index is -1.20. The molecule has 0 bridgehead atoms. The molecule has 2 saturated heterocycles. The van der Waals surface area contributed by atoms with E-state index in [1.807, 2.05) is 59.5 Å². The normalized spacial score (nSPS) is 22.7. The zero-order valence-electron chi connectivity index (χ0n) is 23.4. The molecule has 0 aliphatic carbocycles. The summed E-state index contributed by atoms with van der Waals surface area (Å²) in [7, 11) is 0. The molecule has 6 heteroatoms. The molecular formula is C35H50N2O4. The Hall–Kier alpha value is -3.35. The molecule has 2 aliphatic heterocycles. The highest BCUT2D eigenvalue weighted by Gasteiger charge is 2.49. The number of nitrogens with zero attached hydrogens (tertiary/aromatic N) is 2. The van der Waals surface area contributed by atoms with E-state index in [0.717, 1.165) is 37.9 Å². The molecule has 41 heavy (non-hydrogen) atoms. The van der Waals surface area contributed by atoms with Crippen molar-refractivity contribution >= 4 is 17.5 Å². The maximum atomic E-state index is 12.4. The van der Waals surface area contributed by atoms with Crippen LogP contribution in [-0.2, 0) is 32.2 Å². The van der Waals surface area contributed by atoms with Crippen molar-refractivity contribution in [1.82, 2.24) is 9.80 Å². The first kappa shape index (κ1) is 35.7. The zero-order valence-corrected chi connectivity index (χ0v) is 23.4. The van der Waals surface area contributed by atoms with E-state index in [0.29, 0.717) is 31.7 Å². The van der Waals surface area contributed by atoms with Crippen LogP contribution in [0.15, 0.2) is 86.0 Å². The number of hydrogen-bond donors (Lipinski definition) is 0. The molecule has 0 radical (unpaired) electrons. The van der Waals surface area contributed by atoms with Gasteiger partial charge in [-0.15, -0.1) is 6.58 Å². The summed E-state index contributed by atoms with van der Waals surface area (Å²) in [6.07, 6.45) is 6.98. The van der Waals surface area contributed by atoms with Gasteiger partial charge < -0.3 is 4.74 Å². The van der Waals surface area contributed by atoms with Gasteiger partial charge in [0, 0.05) is 32.5 Å². The van der Waals surface area contributed by atoms with Crippen LogP contribution in [0.25, 0.3) is 0 Å². The largest absolute Gasteiger partial charge is 0.460 e. The number of carbonyl (C=O) groups is 3. The van der Waals surface area contributed by atoms with Crippen molar-refractivity contribution in [2.45, 2.75) is 85.0 Å². The third-order valence-corrected chi connectivity index (χ3v) is 7.84. The Kier molecular flexibility index (Phi) is 14.6. The molecule has 0 spiro atoms. The third-order valence-electron chi connectivity index (χ3n) is 7.84. The lowest BCUT2D eigenvalue weighted by atomic mass is 9.84. The molecule has 2 heterocycles. The first-order valence-electron chi connectivity index (χ1n) is 13.8. The van der Waals surface area contributed by atoms with E-state index in [4.69, 9.17) is 4.74 Å². The molecule has 1 unspecified atom stereocenters. The smallest absolute Gasteiger partial charge is 0.334 e. The summed E-state index contributed by atoms with van der Waals surface area (Å²) in [5.41, 5.74) is 0.782. The summed E-state index contributed by atoms with van der Waals surface area (Å²) >= 11 is 0. The van der Waals surface area contributed by atoms with Crippen LogP contribution >= 0.6 is 0 Å². The molecule has 0 saturated carbocycles. The van der Waals surface area contributed by atoms with Crippen LogP contribution in [-0.4, -0.2) is 58.1 Å². The molecule has 2 aliphatic rings. The Bertz CT molecular complexity index is 1130. The van der Waals surface area contributed by atoms with E-state index in [-0.39, 0.29) is 32.8 Å². The lowest BCUT2D eigenvalue weighted by Crippen LogP contribution is -2.61. The van der Waals surface area contributed by atoms with Gasteiger partial charge in [0.2, 0.25) is 0 Å². The number of hydrogen-bond acceptors (Lipinski definition) is 6. The number of ether oxygens (including phenoxy) is 1.